The summed E-state index contributed by atoms with van der Waals surface area (Å²) >= 11 is 0. The van der Waals surface area contributed by atoms with Gasteiger partial charge in [-0.1, -0.05) is 18.2 Å². The van der Waals surface area contributed by atoms with Crippen LogP contribution in [0.4, 0.5) is 16.2 Å². The average Bonchev–Trinajstić information content (AvgIpc) is 2.54. The van der Waals surface area contributed by atoms with E-state index in [2.05, 4.69) is 0 Å². The number of fused-ring (bicyclic) bond motifs is 1. The summed E-state index contributed by atoms with van der Waals surface area (Å²) in [5, 5.41) is 0. The summed E-state index contributed by atoms with van der Waals surface area (Å²) in [6.07, 6.45) is 0. The van der Waals surface area contributed by atoms with Gasteiger partial charge in [0.1, 0.15) is 4.90 Å². The number of anilines is 2. The fourth-order valence-corrected chi connectivity index (χ4v) is 4.60. The Kier molecular flexibility index (Phi) is 4.53. The maximum atomic E-state index is 13.1. The minimum atomic E-state index is -3.98. The standard InChI is InChI=1S/C18H20N2O4S/c1-13-10-14(2)12-15(11-13)20-18(21)19(8-9-24-3)16-6-4-5-7-17(16)25(20,22)23/h4-7,10-12H,8-9H2,1-3H3. The lowest BCUT2D eigenvalue weighted by molar-refractivity contribution is 0.203. The maximum absolute atomic E-state index is 13.1. The van der Waals surface area contributed by atoms with Gasteiger partial charge in [0.25, 0.3) is 10.0 Å². The Morgan fingerprint density at radius 1 is 1.04 bits per heavy atom. The summed E-state index contributed by atoms with van der Waals surface area (Å²) in [5.74, 6) is 0. The van der Waals surface area contributed by atoms with Crippen LogP contribution in [0.3, 0.4) is 0 Å². The molecule has 0 saturated heterocycles. The Balaban J connectivity index is 2.21. The predicted octanol–water partition coefficient (Wildman–Crippen LogP) is 3.09. The molecule has 3 rings (SSSR count). The minimum Gasteiger partial charge on any atom is -0.383 e. The second-order valence-electron chi connectivity index (χ2n) is 6.01. The highest BCUT2D eigenvalue weighted by Crippen LogP contribution is 2.37. The molecular weight excluding hydrogens is 340 g/mol. The Morgan fingerprint density at radius 2 is 1.68 bits per heavy atom. The molecule has 1 aliphatic heterocycles. The van der Waals surface area contributed by atoms with Crippen LogP contribution in [0, 0.1) is 13.8 Å². The van der Waals surface area contributed by atoms with Crippen molar-refractivity contribution in [2.75, 3.05) is 29.5 Å². The van der Waals surface area contributed by atoms with E-state index in [0.717, 1.165) is 15.4 Å². The number of amides is 2. The Hall–Kier alpha value is -2.38. The van der Waals surface area contributed by atoms with Gasteiger partial charge in [0.15, 0.2) is 0 Å². The molecule has 132 valence electrons. The highest BCUT2D eigenvalue weighted by atomic mass is 32.2. The number of rotatable bonds is 4. The summed E-state index contributed by atoms with van der Waals surface area (Å²) < 4.78 is 32.2. The molecule has 2 amide bonds. The quantitative estimate of drug-likeness (QED) is 0.840. The number of hydrogen-bond donors (Lipinski definition) is 0. The molecule has 1 aliphatic rings. The van der Waals surface area contributed by atoms with E-state index in [1.807, 2.05) is 19.9 Å². The predicted molar refractivity (Wildman–Crippen MR) is 96.6 cm³/mol. The summed E-state index contributed by atoms with van der Waals surface area (Å²) in [6, 6.07) is 11.3. The lowest BCUT2D eigenvalue weighted by atomic mass is 10.1. The van der Waals surface area contributed by atoms with Crippen molar-refractivity contribution in [2.24, 2.45) is 0 Å². The number of para-hydroxylation sites is 1. The number of hydrogen-bond acceptors (Lipinski definition) is 4. The van der Waals surface area contributed by atoms with Gasteiger partial charge < -0.3 is 4.74 Å². The monoisotopic (exact) mass is 360 g/mol. The zero-order valence-corrected chi connectivity index (χ0v) is 15.2. The van der Waals surface area contributed by atoms with E-state index < -0.39 is 16.1 Å². The molecule has 0 spiro atoms. The van der Waals surface area contributed by atoms with Gasteiger partial charge in [-0.15, -0.1) is 0 Å². The van der Waals surface area contributed by atoms with Gasteiger partial charge in [-0.25, -0.2) is 13.2 Å². The van der Waals surface area contributed by atoms with E-state index in [0.29, 0.717) is 18.0 Å². The number of methoxy groups -OCH3 is 1. The molecule has 0 radical (unpaired) electrons. The third-order valence-electron chi connectivity index (χ3n) is 4.04. The lowest BCUT2D eigenvalue weighted by Gasteiger charge is -2.36. The molecule has 6 nitrogen and oxygen atoms in total. The van der Waals surface area contributed by atoms with Crippen molar-refractivity contribution in [1.82, 2.24) is 0 Å². The summed E-state index contributed by atoms with van der Waals surface area (Å²) in [6.45, 7) is 4.31. The molecule has 2 aromatic carbocycles. The first-order chi connectivity index (χ1) is 11.9. The number of carbonyl (C=O) groups is 1. The van der Waals surface area contributed by atoms with Crippen LogP contribution < -0.4 is 9.21 Å². The van der Waals surface area contributed by atoms with Crippen LogP contribution in [-0.4, -0.2) is 34.7 Å². The fourth-order valence-electron chi connectivity index (χ4n) is 3.03. The molecule has 0 fully saturated rings. The molecule has 0 bridgehead atoms. The second kappa shape index (κ2) is 6.50. The number of sulfonamides is 1. The van der Waals surface area contributed by atoms with E-state index >= 15 is 0 Å². The van der Waals surface area contributed by atoms with Crippen molar-refractivity contribution in [3.8, 4) is 0 Å². The van der Waals surface area contributed by atoms with Crippen LogP contribution in [0.2, 0.25) is 0 Å². The van der Waals surface area contributed by atoms with Gasteiger partial charge in [-0.2, -0.15) is 4.31 Å². The number of aryl methyl sites for hydroxylation is 2. The maximum Gasteiger partial charge on any atom is 0.343 e. The molecule has 0 N–H and O–H groups in total. The van der Waals surface area contributed by atoms with Crippen molar-refractivity contribution in [3.05, 3.63) is 53.6 Å². The zero-order valence-electron chi connectivity index (χ0n) is 14.4. The molecule has 25 heavy (non-hydrogen) atoms. The summed E-state index contributed by atoms with van der Waals surface area (Å²) in [4.78, 5) is 14.6. The minimum absolute atomic E-state index is 0.116. The van der Waals surface area contributed by atoms with Crippen molar-refractivity contribution in [3.63, 3.8) is 0 Å². The first-order valence-corrected chi connectivity index (χ1v) is 9.33. The highest BCUT2D eigenvalue weighted by Gasteiger charge is 2.42. The number of carbonyl (C=O) groups excluding carboxylic acids is 1. The zero-order chi connectivity index (χ0) is 18.2. The number of benzene rings is 2. The van der Waals surface area contributed by atoms with Crippen LogP contribution in [0.1, 0.15) is 11.1 Å². The summed E-state index contributed by atoms with van der Waals surface area (Å²) in [5.41, 5.74) is 2.50. The molecule has 0 atom stereocenters. The van der Waals surface area contributed by atoms with Gasteiger partial charge in [-0.3, -0.25) is 4.90 Å². The van der Waals surface area contributed by atoms with E-state index in [-0.39, 0.29) is 11.4 Å². The van der Waals surface area contributed by atoms with Gasteiger partial charge in [-0.05, 0) is 49.2 Å². The van der Waals surface area contributed by atoms with Gasteiger partial charge in [0.2, 0.25) is 0 Å². The molecule has 0 aromatic heterocycles. The van der Waals surface area contributed by atoms with Crippen LogP contribution >= 0.6 is 0 Å². The molecule has 1 heterocycles. The van der Waals surface area contributed by atoms with E-state index in [1.165, 1.54) is 11.0 Å². The van der Waals surface area contributed by atoms with Gasteiger partial charge in [0, 0.05) is 7.11 Å². The Bertz CT molecular complexity index is 904. The normalized spacial score (nSPS) is 16.0. The van der Waals surface area contributed by atoms with Crippen molar-refractivity contribution in [1.29, 1.82) is 0 Å². The Labute approximate surface area is 147 Å². The second-order valence-corrected chi connectivity index (χ2v) is 7.77. The van der Waals surface area contributed by atoms with E-state index in [9.17, 15) is 13.2 Å². The smallest absolute Gasteiger partial charge is 0.343 e. The van der Waals surface area contributed by atoms with Gasteiger partial charge >= 0.3 is 6.03 Å². The number of nitrogens with zero attached hydrogens (tertiary/aromatic N) is 2. The molecule has 2 aromatic rings. The topological polar surface area (TPSA) is 66.9 Å². The largest absolute Gasteiger partial charge is 0.383 e. The number of ether oxygens (including phenoxy) is 1. The molecular formula is C18H20N2O4S. The molecule has 0 saturated carbocycles. The highest BCUT2D eigenvalue weighted by molar-refractivity contribution is 7.94. The molecule has 7 heteroatoms. The average molecular weight is 360 g/mol. The van der Waals surface area contributed by atoms with Crippen LogP contribution in [0.5, 0.6) is 0 Å². The van der Waals surface area contributed by atoms with E-state index in [1.54, 1.807) is 37.4 Å². The van der Waals surface area contributed by atoms with E-state index in [4.69, 9.17) is 4.74 Å². The Morgan fingerprint density at radius 3 is 2.32 bits per heavy atom. The van der Waals surface area contributed by atoms with Crippen molar-refractivity contribution >= 4 is 27.4 Å². The lowest BCUT2D eigenvalue weighted by Crippen LogP contribution is -2.52. The SMILES string of the molecule is COCCN1C(=O)N(c2cc(C)cc(C)c2)S(=O)(=O)c2ccccc21. The third kappa shape index (κ3) is 3.01. The molecule has 0 unspecified atom stereocenters. The van der Waals surface area contributed by atoms with Crippen molar-refractivity contribution in [2.45, 2.75) is 18.7 Å². The fraction of sp³-hybridized carbons (Fsp3) is 0.278. The van der Waals surface area contributed by atoms with Crippen LogP contribution in [-0.2, 0) is 14.8 Å². The first-order valence-electron chi connectivity index (χ1n) is 7.89. The first kappa shape index (κ1) is 17.4. The van der Waals surface area contributed by atoms with Gasteiger partial charge in [0.05, 0.1) is 24.5 Å². The van der Waals surface area contributed by atoms with Crippen molar-refractivity contribution < 1.29 is 17.9 Å². The molecule has 0 aliphatic carbocycles. The third-order valence-corrected chi connectivity index (χ3v) is 5.79. The number of urea groups is 1. The van der Waals surface area contributed by atoms with Crippen LogP contribution in [0.15, 0.2) is 47.4 Å². The summed E-state index contributed by atoms with van der Waals surface area (Å²) in [7, 11) is -2.43. The van der Waals surface area contributed by atoms with Crippen LogP contribution in [0.25, 0.3) is 0 Å².